The van der Waals surface area contributed by atoms with Crippen molar-refractivity contribution < 1.29 is 19.4 Å². The van der Waals surface area contributed by atoms with Crippen molar-refractivity contribution in [3.05, 3.63) is 11.6 Å². The summed E-state index contributed by atoms with van der Waals surface area (Å²) in [6, 6.07) is 2.19. The van der Waals surface area contributed by atoms with E-state index in [1.54, 1.807) is 0 Å². The van der Waals surface area contributed by atoms with Gasteiger partial charge in [0.1, 0.15) is 6.07 Å². The fourth-order valence-electron chi connectivity index (χ4n) is 10.4. The van der Waals surface area contributed by atoms with Gasteiger partial charge in [-0.05, 0) is 97.2 Å². The molecule has 5 aliphatic rings. The molecule has 0 aliphatic heterocycles. The minimum Gasteiger partial charge on any atom is -0.469 e. The predicted octanol–water partition coefficient (Wildman–Crippen LogP) is 6.50. The van der Waals surface area contributed by atoms with Crippen LogP contribution in [-0.2, 0) is 14.3 Å². The lowest BCUT2D eigenvalue weighted by Gasteiger charge is -2.68. The number of esters is 1. The van der Waals surface area contributed by atoms with Gasteiger partial charge in [0, 0.05) is 5.92 Å². The van der Waals surface area contributed by atoms with Crippen LogP contribution in [-0.4, -0.2) is 30.1 Å². The zero-order valence-corrected chi connectivity index (χ0v) is 24.4. The molecule has 206 valence electrons. The summed E-state index contributed by atoms with van der Waals surface area (Å²) in [5.41, 5.74) is -0.291. The molecule has 4 fully saturated rings. The first-order valence-corrected chi connectivity index (χ1v) is 14.8. The van der Waals surface area contributed by atoms with Gasteiger partial charge in [-0.3, -0.25) is 9.59 Å². The van der Waals surface area contributed by atoms with Gasteiger partial charge < -0.3 is 9.84 Å². The molecule has 0 spiro atoms. The number of carbonyl (C=O) groups excluding carboxylic acids is 2. The van der Waals surface area contributed by atoms with Crippen LogP contribution in [0.1, 0.15) is 99.8 Å². The maximum Gasteiger partial charge on any atom is 0.312 e. The number of aliphatic hydroxyl groups is 1. The first-order valence-electron chi connectivity index (χ1n) is 14.8. The van der Waals surface area contributed by atoms with Gasteiger partial charge in [0.25, 0.3) is 0 Å². The van der Waals surface area contributed by atoms with Crippen LogP contribution in [0.2, 0.25) is 0 Å². The summed E-state index contributed by atoms with van der Waals surface area (Å²) in [5, 5.41) is 21.6. The number of ketones is 1. The number of carbonyl (C=O) groups is 2. The van der Waals surface area contributed by atoms with E-state index in [2.05, 4.69) is 33.8 Å². The summed E-state index contributed by atoms with van der Waals surface area (Å²) in [6.45, 7) is 15.3. The number of methoxy groups -OCH3 is 1. The van der Waals surface area contributed by atoms with Crippen molar-refractivity contribution in [1.82, 2.24) is 0 Å². The molecule has 0 aromatic heterocycles. The quantitative estimate of drug-likeness (QED) is 0.406. The molecule has 10 atom stereocenters. The molecule has 5 rings (SSSR count). The molecule has 5 nitrogen and oxygen atoms in total. The number of allylic oxidation sites excluding steroid dienone is 2. The molecule has 0 saturated heterocycles. The van der Waals surface area contributed by atoms with E-state index in [-0.39, 0.29) is 57.6 Å². The van der Waals surface area contributed by atoms with Crippen LogP contribution in [0.3, 0.4) is 0 Å². The molecular weight excluding hydrogens is 462 g/mol. The molecule has 5 aliphatic carbocycles. The number of hydrogen-bond donors (Lipinski definition) is 1. The van der Waals surface area contributed by atoms with Gasteiger partial charge in [-0.1, -0.05) is 54.5 Å². The summed E-state index contributed by atoms with van der Waals surface area (Å²) in [5.74, 6) is 0.727. The molecule has 1 N–H and O–H groups in total. The van der Waals surface area contributed by atoms with Crippen molar-refractivity contribution in [3.63, 3.8) is 0 Å². The summed E-state index contributed by atoms with van der Waals surface area (Å²) < 4.78 is 5.41. The molecule has 0 radical (unpaired) electrons. The van der Waals surface area contributed by atoms with Gasteiger partial charge in [0.2, 0.25) is 0 Å². The van der Waals surface area contributed by atoms with Gasteiger partial charge in [0.15, 0.2) is 5.78 Å². The van der Waals surface area contributed by atoms with Crippen molar-refractivity contribution in [3.8, 4) is 6.07 Å². The lowest BCUT2D eigenvalue weighted by Crippen LogP contribution is -2.65. The van der Waals surface area contributed by atoms with E-state index < -0.39 is 11.5 Å². The van der Waals surface area contributed by atoms with E-state index in [9.17, 15) is 20.0 Å². The van der Waals surface area contributed by atoms with Gasteiger partial charge in [-0.25, -0.2) is 0 Å². The van der Waals surface area contributed by atoms with E-state index in [1.165, 1.54) is 7.11 Å². The Labute approximate surface area is 224 Å². The highest BCUT2D eigenvalue weighted by molar-refractivity contribution is 6.01. The zero-order valence-electron chi connectivity index (χ0n) is 24.4. The van der Waals surface area contributed by atoms with E-state index in [4.69, 9.17) is 4.74 Å². The predicted molar refractivity (Wildman–Crippen MR) is 144 cm³/mol. The van der Waals surface area contributed by atoms with E-state index in [0.29, 0.717) is 17.9 Å². The van der Waals surface area contributed by atoms with Crippen LogP contribution in [0.15, 0.2) is 11.6 Å². The molecule has 0 aromatic carbocycles. The third-order valence-corrected chi connectivity index (χ3v) is 12.1. The first kappa shape index (κ1) is 28.3. The number of fused-ring (bicyclic) bond motifs is 7. The molecule has 4 saturated carbocycles. The van der Waals surface area contributed by atoms with Crippen molar-refractivity contribution >= 4 is 11.8 Å². The van der Waals surface area contributed by atoms with Crippen LogP contribution in [0, 0.1) is 68.5 Å². The van der Waals surface area contributed by atoms with Gasteiger partial charge in [0.05, 0.1) is 24.2 Å². The molecule has 0 heterocycles. The lowest BCUT2D eigenvalue weighted by atomic mass is 9.36. The average Bonchev–Trinajstić information content (AvgIpc) is 2.87. The van der Waals surface area contributed by atoms with Crippen LogP contribution < -0.4 is 0 Å². The number of aliphatic hydroxyl groups excluding tert-OH is 1. The Morgan fingerprint density at radius 1 is 1.05 bits per heavy atom. The van der Waals surface area contributed by atoms with Crippen LogP contribution >= 0.6 is 0 Å². The monoisotopic (exact) mass is 511 g/mol. The Morgan fingerprint density at radius 2 is 1.70 bits per heavy atom. The zero-order chi connectivity index (χ0) is 27.6. The molecular formula is C32H49NO4. The summed E-state index contributed by atoms with van der Waals surface area (Å²) in [4.78, 5) is 26.1. The third kappa shape index (κ3) is 3.95. The number of Topliss-reactive ketones (excluding diaryl/α,β-unsaturated/α-hetero) is 1. The van der Waals surface area contributed by atoms with Crippen LogP contribution in [0.5, 0.6) is 0 Å². The van der Waals surface area contributed by atoms with Crippen LogP contribution in [0.25, 0.3) is 0 Å². The SMILES string of the molecule is CC.COC(=O)C12CCC3C(C(O)CC4C5(C)C=C(C#N)C(=O)C(C)C5CCC34C)C1CC(C)(C)CC2. The number of hydrogen-bond acceptors (Lipinski definition) is 5. The van der Waals surface area contributed by atoms with E-state index in [0.717, 1.165) is 44.9 Å². The van der Waals surface area contributed by atoms with E-state index >= 15 is 0 Å². The minimum absolute atomic E-state index is 0.0101. The largest absolute Gasteiger partial charge is 0.469 e. The van der Waals surface area contributed by atoms with Crippen molar-refractivity contribution in [2.75, 3.05) is 7.11 Å². The highest BCUT2D eigenvalue weighted by Gasteiger charge is 2.68. The van der Waals surface area contributed by atoms with Crippen molar-refractivity contribution in [2.45, 2.75) is 106 Å². The topological polar surface area (TPSA) is 87.4 Å². The summed E-state index contributed by atoms with van der Waals surface area (Å²) >= 11 is 0. The highest BCUT2D eigenvalue weighted by atomic mass is 16.5. The van der Waals surface area contributed by atoms with Gasteiger partial charge >= 0.3 is 5.97 Å². The Balaban J connectivity index is 0.00000156. The fraction of sp³-hybridized carbons (Fsp3) is 0.844. The Kier molecular flexibility index (Phi) is 7.28. The first-order chi connectivity index (χ1) is 17.3. The Bertz CT molecular complexity index is 1010. The molecule has 10 unspecified atom stereocenters. The standard InChI is InChI=1S/C30H43NO4.C2H6/c1-17-19-7-9-28(4)20-8-10-30(26(34)35-6)12-11-27(2,3)15-21(30)24(20)22(32)13-23(28)29(19,5)14-18(16-31)25(17)33;1-2/h14,17,19-24,32H,7-13,15H2,1-6H3;1-2H3. The summed E-state index contributed by atoms with van der Waals surface area (Å²) in [6.07, 6.45) is 8.78. The molecule has 0 aromatic rings. The number of ether oxygens (including phenoxy) is 1. The third-order valence-electron chi connectivity index (χ3n) is 12.1. The van der Waals surface area contributed by atoms with E-state index in [1.807, 2.05) is 26.8 Å². The van der Waals surface area contributed by atoms with Gasteiger partial charge in [-0.15, -0.1) is 0 Å². The minimum atomic E-state index is -0.483. The molecule has 5 heteroatoms. The Morgan fingerprint density at radius 3 is 2.32 bits per heavy atom. The molecule has 0 bridgehead atoms. The summed E-state index contributed by atoms with van der Waals surface area (Å²) in [7, 11) is 1.52. The lowest BCUT2D eigenvalue weighted by molar-refractivity contribution is -0.221. The van der Waals surface area contributed by atoms with Gasteiger partial charge in [-0.2, -0.15) is 5.26 Å². The Hall–Kier alpha value is -1.67. The van der Waals surface area contributed by atoms with Crippen molar-refractivity contribution in [2.24, 2.45) is 57.2 Å². The number of nitriles is 1. The number of rotatable bonds is 1. The normalized spacial score (nSPS) is 47.8. The second kappa shape index (κ2) is 9.51. The number of nitrogens with zero attached hydrogens (tertiary/aromatic N) is 1. The maximum absolute atomic E-state index is 13.3. The van der Waals surface area contributed by atoms with Crippen LogP contribution in [0.4, 0.5) is 0 Å². The fourth-order valence-corrected chi connectivity index (χ4v) is 10.4. The molecule has 0 amide bonds. The van der Waals surface area contributed by atoms with Crippen molar-refractivity contribution in [1.29, 1.82) is 5.26 Å². The smallest absolute Gasteiger partial charge is 0.312 e. The highest BCUT2D eigenvalue weighted by Crippen LogP contribution is 2.71. The average molecular weight is 512 g/mol. The second-order valence-corrected chi connectivity index (χ2v) is 14.0. The molecule has 37 heavy (non-hydrogen) atoms. The maximum atomic E-state index is 13.3. The second-order valence-electron chi connectivity index (χ2n) is 14.0.